The highest BCUT2D eigenvalue weighted by molar-refractivity contribution is 6.32. The maximum atomic E-state index is 10.1. The van der Waals surface area contributed by atoms with Crippen molar-refractivity contribution in [3.8, 4) is 0 Å². The molecule has 0 aromatic heterocycles. The van der Waals surface area contributed by atoms with E-state index in [0.717, 1.165) is 0 Å². The first-order valence-corrected chi connectivity index (χ1v) is 2.23. The van der Waals surface area contributed by atoms with Crippen molar-refractivity contribution in [3.05, 3.63) is 4.91 Å². The Morgan fingerprint density at radius 3 is 2.33 bits per heavy atom. The van der Waals surface area contributed by atoms with E-state index in [4.69, 9.17) is 5.11 Å². The van der Waals surface area contributed by atoms with Crippen molar-refractivity contribution in [1.29, 1.82) is 0 Å². The zero-order chi connectivity index (χ0) is 7.28. The normalized spacial score (nSPS) is 8.44. The number of carboxylic acids is 1. The first-order valence-electron chi connectivity index (χ1n) is 2.23. The van der Waals surface area contributed by atoms with Gasteiger partial charge in [-0.3, -0.25) is 4.79 Å². The molecule has 0 aliphatic carbocycles. The summed E-state index contributed by atoms with van der Waals surface area (Å²) in [5, 5.41) is 10.2. The Morgan fingerprint density at radius 1 is 1.44 bits per heavy atom. The Hall–Kier alpha value is -1.26. The SMILES string of the molecule is O=NCCC(=O)C(=O)O. The van der Waals surface area contributed by atoms with Crippen molar-refractivity contribution in [2.24, 2.45) is 5.18 Å². The predicted octanol–water partition coefficient (Wildman–Crippen LogP) is -0.203. The highest BCUT2D eigenvalue weighted by atomic mass is 16.4. The van der Waals surface area contributed by atoms with Gasteiger partial charge in [0.2, 0.25) is 5.78 Å². The van der Waals surface area contributed by atoms with E-state index in [0.29, 0.717) is 0 Å². The Labute approximate surface area is 50.6 Å². The molecule has 0 aromatic carbocycles. The summed E-state index contributed by atoms with van der Waals surface area (Å²) >= 11 is 0. The number of carbonyl (C=O) groups is 2. The van der Waals surface area contributed by atoms with Gasteiger partial charge in [0, 0.05) is 6.42 Å². The lowest BCUT2D eigenvalue weighted by Crippen LogP contribution is -2.12. The van der Waals surface area contributed by atoms with Gasteiger partial charge in [0.05, 0.1) is 6.54 Å². The minimum Gasteiger partial charge on any atom is -0.476 e. The van der Waals surface area contributed by atoms with Crippen LogP contribution in [0.1, 0.15) is 6.42 Å². The minimum absolute atomic E-state index is 0.259. The largest absolute Gasteiger partial charge is 0.476 e. The molecule has 0 heterocycles. The maximum Gasteiger partial charge on any atom is 0.372 e. The first-order chi connectivity index (χ1) is 4.18. The molecule has 0 saturated heterocycles. The van der Waals surface area contributed by atoms with Crippen LogP contribution >= 0.6 is 0 Å². The summed E-state index contributed by atoms with van der Waals surface area (Å²) in [6.07, 6.45) is -0.307. The van der Waals surface area contributed by atoms with Crippen molar-refractivity contribution in [3.63, 3.8) is 0 Å². The predicted molar refractivity (Wildman–Crippen MR) is 27.9 cm³/mol. The van der Waals surface area contributed by atoms with E-state index < -0.39 is 11.8 Å². The van der Waals surface area contributed by atoms with Crippen LogP contribution in [-0.2, 0) is 9.59 Å². The van der Waals surface area contributed by atoms with Gasteiger partial charge in [0.25, 0.3) is 0 Å². The number of ketones is 1. The van der Waals surface area contributed by atoms with Crippen molar-refractivity contribution >= 4 is 11.8 Å². The van der Waals surface area contributed by atoms with Gasteiger partial charge in [-0.1, -0.05) is 5.18 Å². The van der Waals surface area contributed by atoms with Crippen molar-refractivity contribution in [2.45, 2.75) is 6.42 Å². The molecule has 0 unspecified atom stereocenters. The quantitative estimate of drug-likeness (QED) is 0.422. The van der Waals surface area contributed by atoms with Gasteiger partial charge < -0.3 is 5.11 Å². The molecule has 0 rings (SSSR count). The van der Waals surface area contributed by atoms with Crippen molar-refractivity contribution in [2.75, 3.05) is 6.54 Å². The van der Waals surface area contributed by atoms with E-state index >= 15 is 0 Å². The average Bonchev–Trinajstić information content (AvgIpc) is 1.82. The van der Waals surface area contributed by atoms with Gasteiger partial charge >= 0.3 is 5.97 Å². The monoisotopic (exact) mass is 131 g/mol. The number of rotatable bonds is 4. The average molecular weight is 131 g/mol. The van der Waals surface area contributed by atoms with Crippen LogP contribution in [0.2, 0.25) is 0 Å². The van der Waals surface area contributed by atoms with Crippen LogP contribution in [0.5, 0.6) is 0 Å². The third-order valence-electron chi connectivity index (χ3n) is 0.669. The van der Waals surface area contributed by atoms with E-state index in [1.165, 1.54) is 0 Å². The lowest BCUT2D eigenvalue weighted by atomic mass is 10.3. The molecule has 0 amide bonds. The van der Waals surface area contributed by atoms with Crippen LogP contribution in [0.4, 0.5) is 0 Å². The molecule has 9 heavy (non-hydrogen) atoms. The molecule has 0 aliphatic rings. The van der Waals surface area contributed by atoms with Gasteiger partial charge in [-0.15, -0.1) is 0 Å². The van der Waals surface area contributed by atoms with Crippen LogP contribution in [0, 0.1) is 4.91 Å². The van der Waals surface area contributed by atoms with Crippen LogP contribution < -0.4 is 0 Å². The molecule has 1 N–H and O–H groups in total. The Morgan fingerprint density at radius 2 is 2.00 bits per heavy atom. The molecule has 0 saturated carbocycles. The smallest absolute Gasteiger partial charge is 0.372 e. The van der Waals surface area contributed by atoms with E-state index in [9.17, 15) is 14.5 Å². The summed E-state index contributed by atoms with van der Waals surface area (Å²) in [6, 6.07) is 0. The third-order valence-corrected chi connectivity index (χ3v) is 0.669. The summed E-state index contributed by atoms with van der Waals surface area (Å²) in [7, 11) is 0. The zero-order valence-electron chi connectivity index (χ0n) is 4.53. The molecule has 0 aromatic rings. The molecule has 50 valence electrons. The lowest BCUT2D eigenvalue weighted by molar-refractivity contribution is -0.149. The molecule has 5 heteroatoms. The molecular weight excluding hydrogens is 126 g/mol. The fourth-order valence-electron chi connectivity index (χ4n) is 0.254. The van der Waals surface area contributed by atoms with Gasteiger partial charge in [-0.05, 0) is 0 Å². The maximum absolute atomic E-state index is 10.1. The Bertz CT molecular complexity index is 142. The number of aliphatic carboxylic acids is 1. The summed E-state index contributed by atoms with van der Waals surface area (Å²) in [5.41, 5.74) is 0. The number of Topliss-reactive ketones (excluding diaryl/α,β-unsaturated/α-hetero) is 1. The fourth-order valence-corrected chi connectivity index (χ4v) is 0.254. The number of carbonyl (C=O) groups excluding carboxylic acids is 1. The second kappa shape index (κ2) is 3.71. The number of hydrogen-bond donors (Lipinski definition) is 1. The molecule has 0 atom stereocenters. The number of carboxylic acid groups (broad SMARTS) is 1. The molecular formula is C4H5NO4. The summed E-state index contributed by atoms with van der Waals surface area (Å²) < 4.78 is 0. The molecule has 5 nitrogen and oxygen atoms in total. The molecule has 0 fully saturated rings. The minimum atomic E-state index is -1.52. The number of hydrogen-bond acceptors (Lipinski definition) is 4. The van der Waals surface area contributed by atoms with Gasteiger partial charge in [0.1, 0.15) is 0 Å². The van der Waals surface area contributed by atoms with E-state index in [-0.39, 0.29) is 13.0 Å². The molecule has 0 radical (unpaired) electrons. The van der Waals surface area contributed by atoms with Gasteiger partial charge in [-0.2, -0.15) is 4.91 Å². The first kappa shape index (κ1) is 7.74. The summed E-state index contributed by atoms with van der Waals surface area (Å²) in [4.78, 5) is 29.2. The number of nitrogens with zero attached hydrogens (tertiary/aromatic N) is 1. The van der Waals surface area contributed by atoms with E-state index in [1.807, 2.05) is 0 Å². The van der Waals surface area contributed by atoms with Crippen LogP contribution in [0.15, 0.2) is 5.18 Å². The fraction of sp³-hybridized carbons (Fsp3) is 0.500. The molecule has 0 aliphatic heterocycles. The molecule has 0 bridgehead atoms. The second-order valence-electron chi connectivity index (χ2n) is 1.33. The second-order valence-corrected chi connectivity index (χ2v) is 1.33. The highest BCUT2D eigenvalue weighted by Crippen LogP contribution is 1.82. The number of nitroso groups, excluding NO2 is 1. The lowest BCUT2D eigenvalue weighted by Gasteiger charge is -1.84. The van der Waals surface area contributed by atoms with Crippen molar-refractivity contribution in [1.82, 2.24) is 0 Å². The standard InChI is InChI=1S/C4H5NO4/c6-3(4(7)8)1-2-5-9/h1-2H2,(H,7,8). The van der Waals surface area contributed by atoms with Crippen LogP contribution in [0.25, 0.3) is 0 Å². The summed E-state index contributed by atoms with van der Waals surface area (Å²) in [5.74, 6) is -2.49. The van der Waals surface area contributed by atoms with Crippen LogP contribution in [0.3, 0.4) is 0 Å². The highest BCUT2D eigenvalue weighted by Gasteiger charge is 2.09. The van der Waals surface area contributed by atoms with E-state index in [2.05, 4.69) is 5.18 Å². The zero-order valence-corrected chi connectivity index (χ0v) is 4.53. The van der Waals surface area contributed by atoms with Crippen molar-refractivity contribution < 1.29 is 14.7 Å². The van der Waals surface area contributed by atoms with E-state index in [1.54, 1.807) is 0 Å². The van der Waals surface area contributed by atoms with Crippen LogP contribution in [-0.4, -0.2) is 23.4 Å². The third kappa shape index (κ3) is 3.33. The Kier molecular flexibility index (Phi) is 3.19. The van der Waals surface area contributed by atoms with Gasteiger partial charge in [0.15, 0.2) is 0 Å². The molecule has 0 spiro atoms. The Balaban J connectivity index is 3.51. The topological polar surface area (TPSA) is 83.8 Å². The van der Waals surface area contributed by atoms with Gasteiger partial charge in [-0.25, -0.2) is 4.79 Å². The summed E-state index contributed by atoms with van der Waals surface area (Å²) in [6.45, 7) is -0.259.